The average Bonchev–Trinajstić information content (AvgIpc) is 3.06. The van der Waals surface area contributed by atoms with Crippen LogP contribution < -0.4 is 11.1 Å². The summed E-state index contributed by atoms with van der Waals surface area (Å²) >= 11 is 5.78. The Kier molecular flexibility index (Phi) is 3.21. The van der Waals surface area contributed by atoms with Gasteiger partial charge in [-0.2, -0.15) is 4.98 Å². The van der Waals surface area contributed by atoms with Crippen LogP contribution in [0.2, 0.25) is 5.15 Å². The molecule has 0 unspecified atom stereocenters. The van der Waals surface area contributed by atoms with Crippen LogP contribution in [0.3, 0.4) is 0 Å². The first-order valence-electron chi connectivity index (χ1n) is 5.70. The molecule has 3 rings (SSSR count). The molecule has 0 saturated carbocycles. The van der Waals surface area contributed by atoms with Gasteiger partial charge in [0.05, 0.1) is 12.8 Å². The Bertz CT molecular complexity index is 689. The minimum atomic E-state index is 0.105. The van der Waals surface area contributed by atoms with Gasteiger partial charge in [-0.15, -0.1) is 5.10 Å². The Hall–Kier alpha value is -2.61. The summed E-state index contributed by atoms with van der Waals surface area (Å²) in [5, 5.41) is 10.1. The summed E-state index contributed by atoms with van der Waals surface area (Å²) in [6.45, 7) is 0.389. The zero-order valence-electron chi connectivity index (χ0n) is 10.2. The highest BCUT2D eigenvalue weighted by molar-refractivity contribution is 6.29. The second-order valence-electron chi connectivity index (χ2n) is 3.87. The zero-order valence-corrected chi connectivity index (χ0v) is 10.9. The summed E-state index contributed by atoms with van der Waals surface area (Å²) in [6, 6.07) is 5.13. The fraction of sp³-hybridized carbons (Fsp3) is 0.0909. The second kappa shape index (κ2) is 5.17. The van der Waals surface area contributed by atoms with Crippen molar-refractivity contribution in [3.63, 3.8) is 0 Å². The van der Waals surface area contributed by atoms with E-state index in [4.69, 9.17) is 21.8 Å². The lowest BCUT2D eigenvalue weighted by molar-refractivity contribution is 0.577. The average molecular weight is 292 g/mol. The van der Waals surface area contributed by atoms with Gasteiger partial charge in [-0.25, -0.2) is 9.97 Å². The number of hydrogen-bond acceptors (Lipinski definition) is 7. The second-order valence-corrected chi connectivity index (χ2v) is 4.26. The van der Waals surface area contributed by atoms with E-state index in [1.807, 2.05) is 0 Å². The van der Waals surface area contributed by atoms with Gasteiger partial charge >= 0.3 is 0 Å². The molecule has 8 nitrogen and oxygen atoms in total. The standard InChI is InChI=1S/C11H10ClN7O/c12-7-4-8(17-11(13)15-7)14-5-9-16-10(19-18-9)6-2-1-3-20-6/h1-4H,5H2,(H,16,18,19)(H3,13,14,15,17). The number of aromatic amines is 1. The molecule has 0 aliphatic carbocycles. The number of nitrogens with two attached hydrogens (primary N) is 1. The van der Waals surface area contributed by atoms with Crippen LogP contribution in [0.25, 0.3) is 11.6 Å². The highest BCUT2D eigenvalue weighted by Gasteiger charge is 2.08. The Labute approximate surface area is 118 Å². The maximum atomic E-state index is 5.78. The Balaban J connectivity index is 1.69. The summed E-state index contributed by atoms with van der Waals surface area (Å²) in [5.41, 5.74) is 5.50. The van der Waals surface area contributed by atoms with E-state index in [2.05, 4.69) is 30.5 Å². The molecule has 0 aromatic carbocycles. The third kappa shape index (κ3) is 2.69. The monoisotopic (exact) mass is 291 g/mol. The van der Waals surface area contributed by atoms with E-state index in [1.165, 1.54) is 0 Å². The van der Waals surface area contributed by atoms with E-state index in [-0.39, 0.29) is 11.1 Å². The van der Waals surface area contributed by atoms with Crippen molar-refractivity contribution in [3.05, 3.63) is 35.4 Å². The number of H-pyrrole nitrogens is 1. The Morgan fingerprint density at radius 1 is 1.35 bits per heavy atom. The SMILES string of the molecule is Nc1nc(Cl)cc(NCc2nc(-c3ccco3)n[nH]2)n1. The summed E-state index contributed by atoms with van der Waals surface area (Å²) in [5.74, 6) is 2.34. The lowest BCUT2D eigenvalue weighted by Crippen LogP contribution is -2.05. The van der Waals surface area contributed by atoms with Gasteiger partial charge in [0.1, 0.15) is 16.8 Å². The largest absolute Gasteiger partial charge is 0.461 e. The molecule has 0 spiro atoms. The maximum absolute atomic E-state index is 5.78. The predicted octanol–water partition coefficient (Wildman–Crippen LogP) is 1.70. The molecule has 0 fully saturated rings. The van der Waals surface area contributed by atoms with Crippen molar-refractivity contribution in [1.29, 1.82) is 0 Å². The van der Waals surface area contributed by atoms with Gasteiger partial charge in [0, 0.05) is 6.07 Å². The Morgan fingerprint density at radius 3 is 3.00 bits per heavy atom. The molecule has 20 heavy (non-hydrogen) atoms. The molecule has 3 aromatic heterocycles. The first-order valence-corrected chi connectivity index (χ1v) is 6.07. The summed E-state index contributed by atoms with van der Waals surface area (Å²) < 4.78 is 5.21. The summed E-state index contributed by atoms with van der Waals surface area (Å²) in [6.07, 6.45) is 1.56. The molecule has 0 atom stereocenters. The third-order valence-electron chi connectivity index (χ3n) is 2.42. The third-order valence-corrected chi connectivity index (χ3v) is 2.62. The molecule has 0 saturated heterocycles. The van der Waals surface area contributed by atoms with Gasteiger partial charge < -0.3 is 15.5 Å². The number of halogens is 1. The van der Waals surface area contributed by atoms with Gasteiger partial charge in [0.15, 0.2) is 5.76 Å². The van der Waals surface area contributed by atoms with Crippen LogP contribution in [-0.4, -0.2) is 25.1 Å². The van der Waals surface area contributed by atoms with Crippen molar-refractivity contribution in [2.45, 2.75) is 6.54 Å². The smallest absolute Gasteiger partial charge is 0.223 e. The number of nitrogens with one attached hydrogen (secondary N) is 2. The van der Waals surface area contributed by atoms with Crippen molar-refractivity contribution < 1.29 is 4.42 Å². The lowest BCUT2D eigenvalue weighted by atomic mass is 10.4. The number of aromatic nitrogens is 5. The molecule has 0 bridgehead atoms. The molecule has 0 radical (unpaired) electrons. The molecule has 0 amide bonds. The molecule has 0 aliphatic heterocycles. The zero-order chi connectivity index (χ0) is 13.9. The van der Waals surface area contributed by atoms with Crippen LogP contribution in [0.1, 0.15) is 5.82 Å². The van der Waals surface area contributed by atoms with Gasteiger partial charge in [0.25, 0.3) is 0 Å². The van der Waals surface area contributed by atoms with Crippen molar-refractivity contribution >= 4 is 23.4 Å². The van der Waals surface area contributed by atoms with Crippen LogP contribution in [-0.2, 0) is 6.54 Å². The molecule has 3 aromatic rings. The molecular formula is C11H10ClN7O. The van der Waals surface area contributed by atoms with E-state index in [1.54, 1.807) is 24.5 Å². The molecule has 9 heteroatoms. The van der Waals surface area contributed by atoms with Crippen LogP contribution in [0, 0.1) is 0 Å². The molecule has 3 heterocycles. The lowest BCUT2D eigenvalue weighted by Gasteiger charge is -2.03. The normalized spacial score (nSPS) is 10.7. The number of hydrogen-bond donors (Lipinski definition) is 3. The van der Waals surface area contributed by atoms with E-state index in [0.29, 0.717) is 29.8 Å². The van der Waals surface area contributed by atoms with Gasteiger partial charge in [0.2, 0.25) is 11.8 Å². The topological polar surface area (TPSA) is 119 Å². The predicted molar refractivity (Wildman–Crippen MR) is 72.9 cm³/mol. The molecular weight excluding hydrogens is 282 g/mol. The molecule has 4 N–H and O–H groups in total. The number of nitrogen functional groups attached to an aromatic ring is 1. The summed E-state index contributed by atoms with van der Waals surface area (Å²) in [4.78, 5) is 12.0. The van der Waals surface area contributed by atoms with E-state index >= 15 is 0 Å². The van der Waals surface area contributed by atoms with Gasteiger partial charge in [-0.05, 0) is 12.1 Å². The number of nitrogens with zero attached hydrogens (tertiary/aromatic N) is 4. The minimum absolute atomic E-state index is 0.105. The van der Waals surface area contributed by atoms with Gasteiger partial charge in [-0.3, -0.25) is 5.10 Å². The van der Waals surface area contributed by atoms with Crippen molar-refractivity contribution in [2.24, 2.45) is 0 Å². The van der Waals surface area contributed by atoms with E-state index < -0.39 is 0 Å². The number of furan rings is 1. The number of rotatable bonds is 4. The van der Waals surface area contributed by atoms with E-state index in [0.717, 1.165) is 0 Å². The van der Waals surface area contributed by atoms with Crippen LogP contribution in [0.4, 0.5) is 11.8 Å². The first kappa shape index (κ1) is 12.4. The fourth-order valence-corrected chi connectivity index (χ4v) is 1.78. The highest BCUT2D eigenvalue weighted by atomic mass is 35.5. The molecule has 0 aliphatic rings. The quantitative estimate of drug-likeness (QED) is 0.626. The number of anilines is 2. The first-order chi connectivity index (χ1) is 9.70. The summed E-state index contributed by atoms with van der Waals surface area (Å²) in [7, 11) is 0. The van der Waals surface area contributed by atoms with E-state index in [9.17, 15) is 0 Å². The van der Waals surface area contributed by atoms with Crippen LogP contribution >= 0.6 is 11.6 Å². The maximum Gasteiger partial charge on any atom is 0.223 e. The molecule has 102 valence electrons. The van der Waals surface area contributed by atoms with Crippen molar-refractivity contribution in [1.82, 2.24) is 25.1 Å². The Morgan fingerprint density at radius 2 is 2.25 bits per heavy atom. The van der Waals surface area contributed by atoms with Crippen molar-refractivity contribution in [3.8, 4) is 11.6 Å². The highest BCUT2D eigenvalue weighted by Crippen LogP contribution is 2.16. The van der Waals surface area contributed by atoms with Crippen molar-refractivity contribution in [2.75, 3.05) is 11.1 Å². The fourth-order valence-electron chi connectivity index (χ4n) is 1.59. The van der Waals surface area contributed by atoms with Crippen LogP contribution in [0.5, 0.6) is 0 Å². The van der Waals surface area contributed by atoms with Gasteiger partial charge in [-0.1, -0.05) is 11.6 Å². The van der Waals surface area contributed by atoms with Crippen LogP contribution in [0.15, 0.2) is 28.9 Å². The minimum Gasteiger partial charge on any atom is -0.461 e.